The maximum Gasteiger partial charge on any atom is 0.119 e. The molecule has 0 saturated carbocycles. The summed E-state index contributed by atoms with van der Waals surface area (Å²) in [6, 6.07) is 13.0. The zero-order valence-electron chi connectivity index (χ0n) is 10.5. The SMILES string of the molecule is COc1ccc2cncc(-c3ccc(O)cc3)c2c1. The number of pyridine rings is 1. The van der Waals surface area contributed by atoms with E-state index in [4.69, 9.17) is 4.74 Å². The van der Waals surface area contributed by atoms with Gasteiger partial charge in [0.2, 0.25) is 0 Å². The van der Waals surface area contributed by atoms with E-state index in [0.717, 1.165) is 27.6 Å². The molecule has 19 heavy (non-hydrogen) atoms. The summed E-state index contributed by atoms with van der Waals surface area (Å²) in [4.78, 5) is 4.26. The first-order valence-electron chi connectivity index (χ1n) is 5.99. The van der Waals surface area contributed by atoms with Crippen LogP contribution in [0.4, 0.5) is 0 Å². The highest BCUT2D eigenvalue weighted by Crippen LogP contribution is 2.31. The lowest BCUT2D eigenvalue weighted by molar-refractivity contribution is 0.415. The van der Waals surface area contributed by atoms with Gasteiger partial charge in [0.1, 0.15) is 11.5 Å². The average molecular weight is 251 g/mol. The molecule has 0 atom stereocenters. The third-order valence-corrected chi connectivity index (χ3v) is 3.15. The van der Waals surface area contributed by atoms with Crippen LogP contribution < -0.4 is 4.74 Å². The van der Waals surface area contributed by atoms with Gasteiger partial charge in [0.15, 0.2) is 0 Å². The Balaban J connectivity index is 2.25. The molecule has 0 spiro atoms. The molecule has 94 valence electrons. The van der Waals surface area contributed by atoms with Gasteiger partial charge in [-0.25, -0.2) is 0 Å². The average Bonchev–Trinajstić information content (AvgIpc) is 2.47. The van der Waals surface area contributed by atoms with Gasteiger partial charge in [0, 0.05) is 23.3 Å². The summed E-state index contributed by atoms with van der Waals surface area (Å²) in [7, 11) is 1.66. The monoisotopic (exact) mass is 251 g/mol. The first-order chi connectivity index (χ1) is 9.28. The van der Waals surface area contributed by atoms with E-state index in [2.05, 4.69) is 4.98 Å². The first kappa shape index (κ1) is 11.5. The number of aromatic nitrogens is 1. The van der Waals surface area contributed by atoms with Gasteiger partial charge < -0.3 is 9.84 Å². The van der Waals surface area contributed by atoms with Gasteiger partial charge in [-0.15, -0.1) is 0 Å². The molecule has 3 nitrogen and oxygen atoms in total. The Kier molecular flexibility index (Phi) is 2.80. The summed E-state index contributed by atoms with van der Waals surface area (Å²) >= 11 is 0. The number of aromatic hydroxyl groups is 1. The molecular weight excluding hydrogens is 238 g/mol. The minimum Gasteiger partial charge on any atom is -0.508 e. The largest absolute Gasteiger partial charge is 0.508 e. The first-order valence-corrected chi connectivity index (χ1v) is 5.99. The van der Waals surface area contributed by atoms with E-state index >= 15 is 0 Å². The molecule has 0 radical (unpaired) electrons. The molecule has 1 aromatic heterocycles. The second kappa shape index (κ2) is 4.61. The Hall–Kier alpha value is -2.55. The van der Waals surface area contributed by atoms with E-state index in [0.29, 0.717) is 0 Å². The minimum absolute atomic E-state index is 0.259. The second-order valence-corrected chi connectivity index (χ2v) is 4.32. The van der Waals surface area contributed by atoms with E-state index < -0.39 is 0 Å². The van der Waals surface area contributed by atoms with Crippen LogP contribution in [0.1, 0.15) is 0 Å². The zero-order chi connectivity index (χ0) is 13.2. The molecule has 0 aliphatic carbocycles. The molecule has 0 fully saturated rings. The Morgan fingerprint density at radius 3 is 2.53 bits per heavy atom. The smallest absolute Gasteiger partial charge is 0.119 e. The third kappa shape index (κ3) is 2.10. The summed E-state index contributed by atoms with van der Waals surface area (Å²) in [6.07, 6.45) is 3.66. The summed E-state index contributed by atoms with van der Waals surface area (Å²) in [5.74, 6) is 1.08. The van der Waals surface area contributed by atoms with Crippen molar-refractivity contribution in [1.82, 2.24) is 4.98 Å². The number of hydrogen-bond donors (Lipinski definition) is 1. The summed E-state index contributed by atoms with van der Waals surface area (Å²) in [6.45, 7) is 0. The number of ether oxygens (including phenoxy) is 1. The van der Waals surface area contributed by atoms with Gasteiger partial charge >= 0.3 is 0 Å². The van der Waals surface area contributed by atoms with Crippen molar-refractivity contribution in [2.75, 3.05) is 7.11 Å². The molecule has 0 aliphatic rings. The number of nitrogens with zero attached hydrogens (tertiary/aromatic N) is 1. The van der Waals surface area contributed by atoms with Crippen LogP contribution in [0, 0.1) is 0 Å². The quantitative estimate of drug-likeness (QED) is 0.756. The van der Waals surface area contributed by atoms with Crippen molar-refractivity contribution < 1.29 is 9.84 Å². The molecule has 0 bridgehead atoms. The summed E-state index contributed by atoms with van der Waals surface area (Å²) in [5.41, 5.74) is 2.04. The predicted octanol–water partition coefficient (Wildman–Crippen LogP) is 3.62. The fourth-order valence-corrected chi connectivity index (χ4v) is 2.14. The Labute approximate surface area is 111 Å². The van der Waals surface area contributed by atoms with Gasteiger partial charge in [0.05, 0.1) is 7.11 Å². The van der Waals surface area contributed by atoms with E-state index in [1.165, 1.54) is 0 Å². The molecule has 1 N–H and O–H groups in total. The Morgan fingerprint density at radius 1 is 1.00 bits per heavy atom. The highest BCUT2D eigenvalue weighted by molar-refractivity contribution is 5.96. The van der Waals surface area contributed by atoms with E-state index in [1.54, 1.807) is 19.2 Å². The number of rotatable bonds is 2. The lowest BCUT2D eigenvalue weighted by atomic mass is 10.0. The van der Waals surface area contributed by atoms with Gasteiger partial charge in [0.25, 0.3) is 0 Å². The van der Waals surface area contributed by atoms with Gasteiger partial charge in [-0.3, -0.25) is 4.98 Å². The van der Waals surface area contributed by atoms with Crippen LogP contribution in [-0.4, -0.2) is 17.2 Å². The van der Waals surface area contributed by atoms with Crippen LogP contribution in [0.3, 0.4) is 0 Å². The maximum absolute atomic E-state index is 9.36. The lowest BCUT2D eigenvalue weighted by Crippen LogP contribution is -1.86. The molecule has 0 amide bonds. The molecule has 0 saturated heterocycles. The standard InChI is InChI=1S/C16H13NO2/c1-19-14-7-4-12-9-17-10-16(15(12)8-14)11-2-5-13(18)6-3-11/h2-10,18H,1H3. The molecule has 3 aromatic rings. The number of phenolic OH excluding ortho intramolecular Hbond substituents is 1. The second-order valence-electron chi connectivity index (χ2n) is 4.32. The summed E-state index contributed by atoms with van der Waals surface area (Å²) in [5, 5.41) is 11.5. The van der Waals surface area contributed by atoms with E-state index in [1.807, 2.05) is 42.7 Å². The molecule has 1 heterocycles. The number of hydrogen-bond acceptors (Lipinski definition) is 3. The number of phenols is 1. The molecule has 0 unspecified atom stereocenters. The molecule has 2 aromatic carbocycles. The highest BCUT2D eigenvalue weighted by atomic mass is 16.5. The van der Waals surface area contributed by atoms with Gasteiger partial charge in [-0.1, -0.05) is 12.1 Å². The fourth-order valence-electron chi connectivity index (χ4n) is 2.14. The van der Waals surface area contributed by atoms with Crippen molar-refractivity contribution in [3.8, 4) is 22.6 Å². The van der Waals surface area contributed by atoms with Crippen molar-refractivity contribution in [2.24, 2.45) is 0 Å². The topological polar surface area (TPSA) is 42.4 Å². The van der Waals surface area contributed by atoms with E-state index in [9.17, 15) is 5.11 Å². The van der Waals surface area contributed by atoms with Crippen LogP contribution in [0.25, 0.3) is 21.9 Å². The number of fused-ring (bicyclic) bond motifs is 1. The van der Waals surface area contributed by atoms with Crippen LogP contribution >= 0.6 is 0 Å². The van der Waals surface area contributed by atoms with Crippen LogP contribution in [0.5, 0.6) is 11.5 Å². The summed E-state index contributed by atoms with van der Waals surface area (Å²) < 4.78 is 5.27. The number of benzene rings is 2. The normalized spacial score (nSPS) is 10.6. The zero-order valence-corrected chi connectivity index (χ0v) is 10.5. The highest BCUT2D eigenvalue weighted by Gasteiger charge is 2.05. The van der Waals surface area contributed by atoms with Crippen LogP contribution in [0.15, 0.2) is 54.9 Å². The molecule has 3 rings (SSSR count). The van der Waals surface area contributed by atoms with Crippen molar-refractivity contribution in [1.29, 1.82) is 0 Å². The number of methoxy groups -OCH3 is 1. The molecule has 3 heteroatoms. The van der Waals surface area contributed by atoms with Crippen molar-refractivity contribution >= 4 is 10.8 Å². The van der Waals surface area contributed by atoms with Crippen LogP contribution in [0.2, 0.25) is 0 Å². The van der Waals surface area contributed by atoms with Crippen LogP contribution in [-0.2, 0) is 0 Å². The van der Waals surface area contributed by atoms with E-state index in [-0.39, 0.29) is 5.75 Å². The van der Waals surface area contributed by atoms with Crippen molar-refractivity contribution in [3.63, 3.8) is 0 Å². The molecular formula is C16H13NO2. The third-order valence-electron chi connectivity index (χ3n) is 3.15. The predicted molar refractivity (Wildman–Crippen MR) is 75.4 cm³/mol. The van der Waals surface area contributed by atoms with Crippen molar-refractivity contribution in [2.45, 2.75) is 0 Å². The minimum atomic E-state index is 0.259. The lowest BCUT2D eigenvalue weighted by Gasteiger charge is -2.08. The maximum atomic E-state index is 9.36. The van der Waals surface area contributed by atoms with Gasteiger partial charge in [-0.2, -0.15) is 0 Å². The Morgan fingerprint density at radius 2 is 1.79 bits per heavy atom. The fraction of sp³-hybridized carbons (Fsp3) is 0.0625. The van der Waals surface area contributed by atoms with Gasteiger partial charge in [-0.05, 0) is 41.3 Å². The van der Waals surface area contributed by atoms with Crippen molar-refractivity contribution in [3.05, 3.63) is 54.9 Å². The molecule has 0 aliphatic heterocycles. The Bertz CT molecular complexity index is 720.